The normalized spacial score (nSPS) is 16.4. The van der Waals surface area contributed by atoms with Crippen molar-refractivity contribution in [3.8, 4) is 0 Å². The van der Waals surface area contributed by atoms with Gasteiger partial charge in [-0.1, -0.05) is 201 Å². The Hall–Kier alpha value is 0.250. The topological polar surface area (TPSA) is 3.24 Å². The lowest BCUT2D eigenvalue weighted by molar-refractivity contribution is 0.138. The summed E-state index contributed by atoms with van der Waals surface area (Å²) in [5.74, 6) is 0. The molecule has 240 valence electrons. The molecule has 0 N–H and O–H groups in total. The van der Waals surface area contributed by atoms with Crippen LogP contribution in [-0.4, -0.2) is 17.0 Å². The molecule has 1 aliphatic heterocycles. The molecule has 0 saturated carbocycles. The minimum absolute atomic E-state index is 0.423. The van der Waals surface area contributed by atoms with Gasteiger partial charge in [0.2, 0.25) is 0 Å². The third-order valence-electron chi connectivity index (χ3n) is 10.2. The maximum Gasteiger partial charge on any atom is 0.0305 e. The third-order valence-corrected chi connectivity index (χ3v) is 10.6. The van der Waals surface area contributed by atoms with Crippen LogP contribution in [0, 0.1) is 5.41 Å². The van der Waals surface area contributed by atoms with Crippen LogP contribution in [0.15, 0.2) is 0 Å². The van der Waals surface area contributed by atoms with Crippen LogP contribution in [0.4, 0.5) is 0 Å². The van der Waals surface area contributed by atoms with E-state index in [0.29, 0.717) is 11.5 Å². The van der Waals surface area contributed by atoms with Gasteiger partial charge in [-0.3, -0.25) is 0 Å². The van der Waals surface area contributed by atoms with E-state index in [1.165, 1.54) is 205 Å². The van der Waals surface area contributed by atoms with E-state index < -0.39 is 0 Å². The highest BCUT2D eigenvalue weighted by atomic mass is 35.5. The van der Waals surface area contributed by atoms with Gasteiger partial charge < -0.3 is 0 Å². The monoisotopic (exact) mass is 582 g/mol. The van der Waals surface area contributed by atoms with Crippen LogP contribution in [0.1, 0.15) is 226 Å². The third kappa shape index (κ3) is 21.0. The predicted molar refractivity (Wildman–Crippen MR) is 184 cm³/mol. The smallest absolute Gasteiger partial charge is 0.0305 e. The SMILES string of the molecule is CCCCCCCCCCCCCCCCC(C)(CCCCCCCCCCCCCCCC)C1CCCN1Cl. The van der Waals surface area contributed by atoms with Crippen LogP contribution in [0.25, 0.3) is 0 Å². The Kier molecular flexibility index (Phi) is 26.8. The number of nitrogens with zero attached hydrogens (tertiary/aromatic N) is 1. The van der Waals surface area contributed by atoms with Gasteiger partial charge in [0.05, 0.1) is 0 Å². The van der Waals surface area contributed by atoms with E-state index in [4.69, 9.17) is 11.8 Å². The fourth-order valence-electron chi connectivity index (χ4n) is 7.32. The molecule has 40 heavy (non-hydrogen) atoms. The second-order valence-electron chi connectivity index (χ2n) is 14.1. The Bertz CT molecular complexity index is 474. The maximum absolute atomic E-state index is 6.73. The summed E-state index contributed by atoms with van der Waals surface area (Å²) in [6.07, 6.45) is 45.9. The molecule has 0 aromatic heterocycles. The first-order valence-corrected chi connectivity index (χ1v) is 19.4. The van der Waals surface area contributed by atoms with E-state index in [1.54, 1.807) is 0 Å². The molecule has 1 rings (SSSR count). The molecule has 1 saturated heterocycles. The van der Waals surface area contributed by atoms with Crippen molar-refractivity contribution in [2.45, 2.75) is 232 Å². The summed E-state index contributed by atoms with van der Waals surface area (Å²) in [5.41, 5.74) is 0.423. The molecule has 0 spiro atoms. The van der Waals surface area contributed by atoms with E-state index >= 15 is 0 Å². The Morgan fingerprint density at radius 3 is 1.00 bits per heavy atom. The molecule has 0 radical (unpaired) electrons. The van der Waals surface area contributed by atoms with Gasteiger partial charge in [-0.15, -0.1) is 0 Å². The van der Waals surface area contributed by atoms with Gasteiger partial charge >= 0.3 is 0 Å². The van der Waals surface area contributed by atoms with Crippen LogP contribution in [0.5, 0.6) is 0 Å². The summed E-state index contributed by atoms with van der Waals surface area (Å²) in [5, 5.41) is 0. The Morgan fingerprint density at radius 2 is 0.750 bits per heavy atom. The molecular weight excluding hydrogens is 506 g/mol. The van der Waals surface area contributed by atoms with Crippen LogP contribution in [0.3, 0.4) is 0 Å². The lowest BCUT2D eigenvalue weighted by Crippen LogP contribution is -2.38. The zero-order valence-corrected chi connectivity index (χ0v) is 29.0. The van der Waals surface area contributed by atoms with Gasteiger partial charge in [-0.2, -0.15) is 0 Å². The minimum Gasteiger partial charge on any atom is -0.217 e. The summed E-state index contributed by atoms with van der Waals surface area (Å²) in [7, 11) is 0. The molecule has 0 aromatic rings. The van der Waals surface area contributed by atoms with Crippen molar-refractivity contribution in [2.24, 2.45) is 5.41 Å². The predicted octanol–water partition coefficient (Wildman–Crippen LogP) is 14.4. The van der Waals surface area contributed by atoms with Crippen LogP contribution in [0.2, 0.25) is 0 Å². The highest BCUT2D eigenvalue weighted by Crippen LogP contribution is 2.42. The second kappa shape index (κ2) is 28.0. The second-order valence-corrected chi connectivity index (χ2v) is 14.6. The Labute approximate surface area is 259 Å². The first kappa shape index (κ1) is 38.3. The first-order chi connectivity index (χ1) is 19.6. The zero-order chi connectivity index (χ0) is 29.0. The molecule has 0 bridgehead atoms. The number of halogens is 1. The quantitative estimate of drug-likeness (QED) is 0.0581. The Morgan fingerprint density at radius 1 is 0.475 bits per heavy atom. The largest absolute Gasteiger partial charge is 0.217 e. The molecule has 1 fully saturated rings. The van der Waals surface area contributed by atoms with Gasteiger partial charge in [-0.25, -0.2) is 4.42 Å². The van der Waals surface area contributed by atoms with Crippen molar-refractivity contribution in [1.29, 1.82) is 0 Å². The zero-order valence-electron chi connectivity index (χ0n) is 28.2. The lowest BCUT2D eigenvalue weighted by Gasteiger charge is -2.38. The molecule has 1 nitrogen and oxygen atoms in total. The van der Waals surface area contributed by atoms with Crippen molar-refractivity contribution >= 4 is 11.8 Å². The number of unbranched alkanes of at least 4 members (excludes halogenated alkanes) is 26. The fraction of sp³-hybridized carbons (Fsp3) is 1.00. The molecule has 0 aliphatic carbocycles. The molecule has 2 heteroatoms. The van der Waals surface area contributed by atoms with E-state index in [0.717, 1.165) is 6.54 Å². The van der Waals surface area contributed by atoms with Gasteiger partial charge in [0.15, 0.2) is 0 Å². The van der Waals surface area contributed by atoms with Gasteiger partial charge in [0.25, 0.3) is 0 Å². The molecule has 1 atom stereocenters. The summed E-state index contributed by atoms with van der Waals surface area (Å²) in [6, 6.07) is 0.609. The molecule has 1 unspecified atom stereocenters. The van der Waals surface area contributed by atoms with E-state index in [1.807, 2.05) is 0 Å². The van der Waals surface area contributed by atoms with Crippen LogP contribution < -0.4 is 0 Å². The summed E-state index contributed by atoms with van der Waals surface area (Å²) < 4.78 is 2.19. The van der Waals surface area contributed by atoms with Crippen molar-refractivity contribution < 1.29 is 0 Å². The van der Waals surface area contributed by atoms with E-state index in [-0.39, 0.29) is 0 Å². The first-order valence-electron chi connectivity index (χ1n) is 19.1. The molecular formula is C38H76ClN. The van der Waals surface area contributed by atoms with Crippen molar-refractivity contribution in [2.75, 3.05) is 6.54 Å². The maximum atomic E-state index is 6.73. The van der Waals surface area contributed by atoms with Gasteiger partial charge in [0, 0.05) is 12.6 Å². The summed E-state index contributed by atoms with van der Waals surface area (Å²) in [4.78, 5) is 0. The van der Waals surface area contributed by atoms with Gasteiger partial charge in [-0.05, 0) is 42.9 Å². The van der Waals surface area contributed by atoms with Crippen molar-refractivity contribution in [3.63, 3.8) is 0 Å². The summed E-state index contributed by atoms with van der Waals surface area (Å²) in [6.45, 7) is 8.30. The highest BCUT2D eigenvalue weighted by molar-refractivity contribution is 6.13. The molecule has 0 aromatic carbocycles. The van der Waals surface area contributed by atoms with E-state index in [9.17, 15) is 0 Å². The average Bonchev–Trinajstić information content (AvgIpc) is 3.40. The standard InChI is InChI=1S/C38H76ClN/c1-4-6-8-10-12-14-16-18-20-22-24-26-28-30-34-38(3,37-33-32-36-40(37)39)35-31-29-27-25-23-21-19-17-15-13-11-9-7-5-2/h37H,4-36H2,1-3H3. The average molecular weight is 582 g/mol. The van der Waals surface area contributed by atoms with E-state index in [2.05, 4.69) is 25.2 Å². The van der Waals surface area contributed by atoms with Gasteiger partial charge in [0.1, 0.15) is 0 Å². The van der Waals surface area contributed by atoms with Crippen molar-refractivity contribution in [3.05, 3.63) is 0 Å². The number of hydrogen-bond donors (Lipinski definition) is 0. The number of hydrogen-bond acceptors (Lipinski definition) is 1. The van der Waals surface area contributed by atoms with Crippen LogP contribution in [-0.2, 0) is 0 Å². The Balaban J connectivity index is 2.06. The minimum atomic E-state index is 0.423. The molecule has 1 heterocycles. The van der Waals surface area contributed by atoms with Crippen molar-refractivity contribution in [1.82, 2.24) is 4.42 Å². The van der Waals surface area contributed by atoms with Crippen LogP contribution >= 0.6 is 11.8 Å². The lowest BCUT2D eigenvalue weighted by atomic mass is 9.73. The molecule has 1 aliphatic rings. The molecule has 0 amide bonds. The highest BCUT2D eigenvalue weighted by Gasteiger charge is 2.39. The summed E-state index contributed by atoms with van der Waals surface area (Å²) >= 11 is 6.73. The fourth-order valence-corrected chi connectivity index (χ4v) is 7.78. The number of rotatable bonds is 31.